The molecule has 2 aromatic rings. The molecule has 0 aliphatic carbocycles. The van der Waals surface area contributed by atoms with Crippen molar-refractivity contribution in [1.29, 1.82) is 5.26 Å². The lowest BCUT2D eigenvalue weighted by atomic mass is 10.1. The molecule has 0 atom stereocenters. The van der Waals surface area contributed by atoms with Gasteiger partial charge in [-0.2, -0.15) is 5.26 Å². The fourth-order valence-corrected chi connectivity index (χ4v) is 1.88. The molecule has 0 unspecified atom stereocenters. The number of hydrogen-bond acceptors (Lipinski definition) is 5. The summed E-state index contributed by atoms with van der Waals surface area (Å²) in [5.74, 6) is 0.432. The molecule has 0 aliphatic heterocycles. The maximum atomic E-state index is 10.7. The summed E-state index contributed by atoms with van der Waals surface area (Å²) in [5, 5.41) is 22.0. The summed E-state index contributed by atoms with van der Waals surface area (Å²) in [5.41, 5.74) is 1.59. The van der Waals surface area contributed by atoms with Crippen LogP contribution in [-0.2, 0) is 6.42 Å². The lowest BCUT2D eigenvalue weighted by molar-refractivity contribution is -0.384. The second kappa shape index (κ2) is 7.50. The molecule has 0 amide bonds. The molecule has 7 nitrogen and oxygen atoms in total. The largest absolute Gasteiger partial charge is 0.277 e. The molecule has 0 aliphatic rings. The van der Waals surface area contributed by atoms with Crippen molar-refractivity contribution in [3.8, 4) is 6.19 Å². The number of non-ortho nitro benzene ring substituents is 1. The monoisotopic (exact) mass is 295 g/mol. The van der Waals surface area contributed by atoms with Crippen LogP contribution in [0.5, 0.6) is 0 Å². The first-order valence-corrected chi connectivity index (χ1v) is 6.54. The summed E-state index contributed by atoms with van der Waals surface area (Å²) in [6.07, 6.45) is 5.62. The predicted octanol–water partition coefficient (Wildman–Crippen LogP) is 2.05. The van der Waals surface area contributed by atoms with Crippen LogP contribution in [0.25, 0.3) is 0 Å². The van der Waals surface area contributed by atoms with E-state index in [-0.39, 0.29) is 5.69 Å². The summed E-state index contributed by atoms with van der Waals surface area (Å²) in [6.45, 7) is 0.403. The maximum absolute atomic E-state index is 10.7. The van der Waals surface area contributed by atoms with Crippen molar-refractivity contribution >= 4 is 11.5 Å². The van der Waals surface area contributed by atoms with Gasteiger partial charge in [0.1, 0.15) is 5.84 Å². The number of nitro benzene ring substituents is 1. The van der Waals surface area contributed by atoms with Gasteiger partial charge in [0.05, 0.1) is 4.92 Å². The molecule has 2 rings (SSSR count). The van der Waals surface area contributed by atoms with Crippen molar-refractivity contribution in [3.63, 3.8) is 0 Å². The van der Waals surface area contributed by atoms with Crippen molar-refractivity contribution in [2.45, 2.75) is 6.42 Å². The summed E-state index contributed by atoms with van der Waals surface area (Å²) >= 11 is 0. The zero-order valence-corrected chi connectivity index (χ0v) is 11.6. The Labute approximate surface area is 127 Å². The van der Waals surface area contributed by atoms with Crippen molar-refractivity contribution in [1.82, 2.24) is 10.3 Å². The van der Waals surface area contributed by atoms with Crippen molar-refractivity contribution < 1.29 is 4.92 Å². The lowest BCUT2D eigenvalue weighted by Crippen LogP contribution is -2.20. The van der Waals surface area contributed by atoms with Gasteiger partial charge in [-0.05, 0) is 24.1 Å². The van der Waals surface area contributed by atoms with Gasteiger partial charge in [-0.25, -0.2) is 0 Å². The van der Waals surface area contributed by atoms with Crippen molar-refractivity contribution in [2.24, 2.45) is 4.99 Å². The highest BCUT2D eigenvalue weighted by atomic mass is 16.6. The molecule has 1 heterocycles. The molecule has 22 heavy (non-hydrogen) atoms. The molecule has 110 valence electrons. The van der Waals surface area contributed by atoms with Gasteiger partial charge < -0.3 is 0 Å². The van der Waals surface area contributed by atoms with Crippen molar-refractivity contribution in [2.75, 3.05) is 6.54 Å². The SMILES string of the molecule is N#CNC(=NCCc1cccc([N+](=O)[O-])c1)c1cccnc1. The highest BCUT2D eigenvalue weighted by Gasteiger charge is 2.06. The van der Waals surface area contributed by atoms with Crippen LogP contribution in [0, 0.1) is 21.6 Å². The van der Waals surface area contributed by atoms with E-state index >= 15 is 0 Å². The van der Waals surface area contributed by atoms with Crippen LogP contribution in [0.3, 0.4) is 0 Å². The number of pyridine rings is 1. The molecule has 7 heteroatoms. The highest BCUT2D eigenvalue weighted by molar-refractivity contribution is 5.99. The van der Waals surface area contributed by atoms with Gasteiger partial charge in [0.15, 0.2) is 6.19 Å². The fourth-order valence-electron chi connectivity index (χ4n) is 1.88. The van der Waals surface area contributed by atoms with Crippen LogP contribution in [0.2, 0.25) is 0 Å². The van der Waals surface area contributed by atoms with Crippen LogP contribution >= 0.6 is 0 Å². The Hall–Kier alpha value is -3.27. The molecule has 1 aromatic heterocycles. The minimum absolute atomic E-state index is 0.0594. The second-order valence-corrected chi connectivity index (χ2v) is 4.39. The first-order chi connectivity index (χ1) is 10.7. The summed E-state index contributed by atoms with van der Waals surface area (Å²) < 4.78 is 0. The molecule has 0 saturated heterocycles. The molecule has 0 bridgehead atoms. The van der Waals surface area contributed by atoms with E-state index in [4.69, 9.17) is 5.26 Å². The third-order valence-electron chi connectivity index (χ3n) is 2.90. The number of nitrogens with one attached hydrogen (secondary N) is 1. The normalized spacial score (nSPS) is 10.8. The van der Waals surface area contributed by atoms with Gasteiger partial charge in [-0.3, -0.25) is 25.4 Å². The Kier molecular flexibility index (Phi) is 5.15. The molecule has 0 spiro atoms. The average molecular weight is 295 g/mol. The number of hydrogen-bond donors (Lipinski definition) is 1. The van der Waals surface area contributed by atoms with Gasteiger partial charge in [-0.1, -0.05) is 12.1 Å². The van der Waals surface area contributed by atoms with Gasteiger partial charge in [-0.15, -0.1) is 0 Å². The molecule has 1 N–H and O–H groups in total. The Balaban J connectivity index is 2.08. The lowest BCUT2D eigenvalue weighted by Gasteiger charge is -2.04. The van der Waals surface area contributed by atoms with Crippen LogP contribution < -0.4 is 5.32 Å². The second-order valence-electron chi connectivity index (χ2n) is 4.39. The topological polar surface area (TPSA) is 104 Å². The number of nitrogens with zero attached hydrogens (tertiary/aromatic N) is 4. The Morgan fingerprint density at radius 3 is 2.95 bits per heavy atom. The summed E-state index contributed by atoms with van der Waals surface area (Å²) in [6, 6.07) is 9.98. The maximum Gasteiger partial charge on any atom is 0.269 e. The van der Waals surface area contributed by atoms with Gasteiger partial charge in [0.25, 0.3) is 5.69 Å². The Bertz CT molecular complexity index is 722. The third-order valence-corrected chi connectivity index (χ3v) is 2.90. The summed E-state index contributed by atoms with van der Waals surface area (Å²) in [4.78, 5) is 18.6. The fraction of sp³-hybridized carbons (Fsp3) is 0.133. The number of aromatic nitrogens is 1. The van der Waals surface area contributed by atoms with Gasteiger partial charge in [0, 0.05) is 36.6 Å². The smallest absolute Gasteiger partial charge is 0.269 e. The summed E-state index contributed by atoms with van der Waals surface area (Å²) in [7, 11) is 0. The van der Waals surface area contributed by atoms with Crippen molar-refractivity contribution in [3.05, 3.63) is 70.0 Å². The van der Waals surface area contributed by atoms with E-state index in [1.807, 2.05) is 12.3 Å². The van der Waals surface area contributed by atoms with Crippen LogP contribution in [0.1, 0.15) is 11.1 Å². The van der Waals surface area contributed by atoms with E-state index in [0.29, 0.717) is 24.4 Å². The first-order valence-electron chi connectivity index (χ1n) is 6.54. The first kappa shape index (κ1) is 15.1. The van der Waals surface area contributed by atoms with E-state index in [9.17, 15) is 10.1 Å². The van der Waals surface area contributed by atoms with E-state index < -0.39 is 4.92 Å². The zero-order valence-electron chi connectivity index (χ0n) is 11.6. The zero-order chi connectivity index (χ0) is 15.8. The molecule has 0 fully saturated rings. The minimum atomic E-state index is -0.426. The number of aliphatic imine (C=N–C) groups is 1. The van der Waals surface area contributed by atoms with Gasteiger partial charge >= 0.3 is 0 Å². The van der Waals surface area contributed by atoms with E-state index in [0.717, 1.165) is 5.56 Å². The van der Waals surface area contributed by atoms with Crippen LogP contribution in [0.15, 0.2) is 53.8 Å². The Morgan fingerprint density at radius 1 is 1.41 bits per heavy atom. The van der Waals surface area contributed by atoms with E-state index in [1.54, 1.807) is 30.6 Å². The molecular weight excluding hydrogens is 282 g/mol. The number of nitriles is 1. The molecule has 0 saturated carbocycles. The van der Waals surface area contributed by atoms with E-state index in [2.05, 4.69) is 15.3 Å². The highest BCUT2D eigenvalue weighted by Crippen LogP contribution is 2.13. The average Bonchev–Trinajstić information content (AvgIpc) is 2.55. The number of rotatable bonds is 5. The number of nitro groups is 1. The molecule has 0 radical (unpaired) electrons. The molecule has 1 aromatic carbocycles. The van der Waals surface area contributed by atoms with Gasteiger partial charge in [0.2, 0.25) is 0 Å². The third kappa shape index (κ3) is 4.11. The van der Waals surface area contributed by atoms with Crippen LogP contribution in [-0.4, -0.2) is 22.3 Å². The standard InChI is InChI=1S/C15H13N5O2/c16-11-19-15(13-4-2-7-17-10-13)18-8-6-12-3-1-5-14(9-12)20(21)22/h1-5,7,9-10H,6,8H2,(H,18,19). The molecular formula is C15H13N5O2. The number of benzene rings is 1. The van der Waals surface area contributed by atoms with E-state index in [1.165, 1.54) is 12.1 Å². The minimum Gasteiger partial charge on any atom is -0.277 e. The number of amidine groups is 1. The quantitative estimate of drug-likeness (QED) is 0.227. The predicted molar refractivity (Wildman–Crippen MR) is 81.2 cm³/mol. The van der Waals surface area contributed by atoms with Crippen LogP contribution in [0.4, 0.5) is 5.69 Å². The Morgan fingerprint density at radius 2 is 2.27 bits per heavy atom.